The number of nitrogens with zero attached hydrogens (tertiary/aromatic N) is 1. The third kappa shape index (κ3) is 0.651. The number of rotatable bonds is 0. The molecule has 11 heavy (non-hydrogen) atoms. The molecule has 3 aliphatic heterocycles. The number of fused-ring (bicyclic) bond motifs is 1. The molecule has 3 heterocycles. The normalized spacial score (nSPS) is 60.3. The maximum Gasteiger partial charge on any atom is 0.0716 e. The first kappa shape index (κ1) is 6.44. The van der Waals surface area contributed by atoms with E-state index in [0.29, 0.717) is 0 Å². The maximum absolute atomic E-state index is 6.37. The molecule has 4 fully saturated rings. The van der Waals surface area contributed by atoms with Crippen LogP contribution in [0.2, 0.25) is 0 Å². The molecule has 0 radical (unpaired) electrons. The summed E-state index contributed by atoms with van der Waals surface area (Å²) in [6.07, 6.45) is 5.45. The fourth-order valence-electron chi connectivity index (χ4n) is 3.41. The second-order valence-electron chi connectivity index (χ2n) is 4.56. The van der Waals surface area contributed by atoms with Crippen molar-refractivity contribution in [1.82, 2.24) is 4.90 Å². The predicted molar refractivity (Wildman–Crippen MR) is 43.9 cm³/mol. The average Bonchev–Trinajstić information content (AvgIpc) is 2.25. The Morgan fingerprint density at radius 3 is 3.00 bits per heavy atom. The highest BCUT2D eigenvalue weighted by Gasteiger charge is 2.53. The molecule has 4 bridgehead atoms. The van der Waals surface area contributed by atoms with Gasteiger partial charge in [0.15, 0.2) is 0 Å². The molecule has 4 unspecified atom stereocenters. The Morgan fingerprint density at radius 1 is 1.36 bits per heavy atom. The van der Waals surface area contributed by atoms with Crippen molar-refractivity contribution in [2.75, 3.05) is 13.1 Å². The topological polar surface area (TPSA) is 29.3 Å². The Bertz CT molecular complexity index is 176. The van der Waals surface area contributed by atoms with Gasteiger partial charge in [-0.25, -0.2) is 0 Å². The quantitative estimate of drug-likeness (QED) is 0.555. The molecule has 2 N–H and O–H groups in total. The van der Waals surface area contributed by atoms with Crippen LogP contribution in [-0.2, 0) is 0 Å². The Labute approximate surface area is 67.7 Å². The van der Waals surface area contributed by atoms with Gasteiger partial charge in [-0.1, -0.05) is 0 Å². The van der Waals surface area contributed by atoms with Crippen LogP contribution in [0.15, 0.2) is 0 Å². The van der Waals surface area contributed by atoms with Crippen molar-refractivity contribution in [3.05, 3.63) is 0 Å². The minimum Gasteiger partial charge on any atom is -0.313 e. The van der Waals surface area contributed by atoms with E-state index in [9.17, 15) is 0 Å². The average molecular weight is 152 g/mol. The third-order valence-corrected chi connectivity index (χ3v) is 4.09. The Hall–Kier alpha value is -0.0800. The molecule has 1 aliphatic carbocycles. The van der Waals surface area contributed by atoms with Crippen molar-refractivity contribution in [2.24, 2.45) is 17.6 Å². The lowest BCUT2D eigenvalue weighted by atomic mass is 9.71. The molecule has 62 valence electrons. The van der Waals surface area contributed by atoms with Crippen LogP contribution in [0.25, 0.3) is 0 Å². The predicted octanol–water partition coefficient (Wildman–Crippen LogP) is 0.777. The van der Waals surface area contributed by atoms with Gasteiger partial charge in [0.05, 0.1) is 5.66 Å². The van der Waals surface area contributed by atoms with Crippen LogP contribution in [0.4, 0.5) is 0 Å². The fraction of sp³-hybridized carbons (Fsp3) is 1.00. The molecule has 3 saturated heterocycles. The summed E-state index contributed by atoms with van der Waals surface area (Å²) in [5, 5.41) is 0. The van der Waals surface area contributed by atoms with Gasteiger partial charge in [-0.15, -0.1) is 0 Å². The summed E-state index contributed by atoms with van der Waals surface area (Å²) < 4.78 is 0. The van der Waals surface area contributed by atoms with Crippen LogP contribution >= 0.6 is 0 Å². The van der Waals surface area contributed by atoms with Gasteiger partial charge in [0.25, 0.3) is 0 Å². The minimum absolute atomic E-state index is 0.148. The molecule has 2 heteroatoms. The van der Waals surface area contributed by atoms with Crippen molar-refractivity contribution in [2.45, 2.75) is 31.3 Å². The zero-order chi connectivity index (χ0) is 7.47. The Kier molecular flexibility index (Phi) is 1.06. The molecule has 0 aromatic heterocycles. The van der Waals surface area contributed by atoms with Gasteiger partial charge in [0.2, 0.25) is 0 Å². The van der Waals surface area contributed by atoms with Gasteiger partial charge < -0.3 is 5.73 Å². The van der Waals surface area contributed by atoms with E-state index in [1.165, 1.54) is 38.8 Å². The lowest BCUT2D eigenvalue weighted by Crippen LogP contribution is -2.63. The van der Waals surface area contributed by atoms with E-state index in [1.54, 1.807) is 0 Å². The molecule has 4 atom stereocenters. The molecular weight excluding hydrogens is 136 g/mol. The van der Waals surface area contributed by atoms with E-state index in [2.05, 4.69) is 4.90 Å². The summed E-state index contributed by atoms with van der Waals surface area (Å²) in [5.41, 5.74) is 6.52. The van der Waals surface area contributed by atoms with E-state index in [4.69, 9.17) is 5.73 Å². The molecule has 0 spiro atoms. The largest absolute Gasteiger partial charge is 0.313 e. The Morgan fingerprint density at radius 2 is 2.27 bits per heavy atom. The molecule has 4 rings (SSSR count). The maximum atomic E-state index is 6.37. The van der Waals surface area contributed by atoms with E-state index in [1.807, 2.05) is 0 Å². The van der Waals surface area contributed by atoms with E-state index in [0.717, 1.165) is 11.8 Å². The summed E-state index contributed by atoms with van der Waals surface area (Å²) in [5.74, 6) is 1.84. The molecule has 0 amide bonds. The zero-order valence-corrected chi connectivity index (χ0v) is 6.92. The first-order valence-corrected chi connectivity index (χ1v) is 4.83. The molecule has 0 aromatic rings. The van der Waals surface area contributed by atoms with Gasteiger partial charge in [-0.3, -0.25) is 4.90 Å². The highest BCUT2D eigenvalue weighted by atomic mass is 15.3. The number of piperidine rings is 2. The molecule has 2 nitrogen and oxygen atoms in total. The van der Waals surface area contributed by atoms with Crippen LogP contribution in [0.5, 0.6) is 0 Å². The van der Waals surface area contributed by atoms with E-state index >= 15 is 0 Å². The summed E-state index contributed by atoms with van der Waals surface area (Å²) in [6, 6.07) is 0. The molecule has 0 aromatic carbocycles. The second-order valence-corrected chi connectivity index (χ2v) is 4.56. The SMILES string of the molecule is NC12CCC3CC1CCN2C3. The third-order valence-electron chi connectivity index (χ3n) is 4.09. The van der Waals surface area contributed by atoms with Crippen molar-refractivity contribution in [1.29, 1.82) is 0 Å². The van der Waals surface area contributed by atoms with Crippen LogP contribution < -0.4 is 5.73 Å². The van der Waals surface area contributed by atoms with Crippen molar-refractivity contribution in [3.63, 3.8) is 0 Å². The fourth-order valence-corrected chi connectivity index (χ4v) is 3.41. The summed E-state index contributed by atoms with van der Waals surface area (Å²) in [7, 11) is 0. The van der Waals surface area contributed by atoms with Crippen molar-refractivity contribution in [3.8, 4) is 0 Å². The zero-order valence-electron chi connectivity index (χ0n) is 6.92. The van der Waals surface area contributed by atoms with Gasteiger partial charge in [-0.2, -0.15) is 0 Å². The van der Waals surface area contributed by atoms with E-state index < -0.39 is 0 Å². The number of hydrogen-bond donors (Lipinski definition) is 1. The summed E-state index contributed by atoms with van der Waals surface area (Å²) >= 11 is 0. The lowest BCUT2D eigenvalue weighted by molar-refractivity contribution is -0.0234. The van der Waals surface area contributed by atoms with E-state index in [-0.39, 0.29) is 5.66 Å². The smallest absolute Gasteiger partial charge is 0.0716 e. The highest BCUT2D eigenvalue weighted by molar-refractivity contribution is 5.06. The molecule has 1 saturated carbocycles. The lowest BCUT2D eigenvalue weighted by Gasteiger charge is -2.51. The Balaban J connectivity index is 2.01. The molecule has 4 aliphatic rings. The molecular formula is C9H16N2. The standard InChI is InChI=1S/C9H16N2/c10-9-3-1-7-5-8(9)2-4-11(9)6-7/h7-8H,1-6,10H2. The van der Waals surface area contributed by atoms with Crippen LogP contribution in [0.1, 0.15) is 25.7 Å². The summed E-state index contributed by atoms with van der Waals surface area (Å²) in [6.45, 7) is 2.57. The second kappa shape index (κ2) is 1.80. The van der Waals surface area contributed by atoms with Crippen molar-refractivity contribution < 1.29 is 0 Å². The summed E-state index contributed by atoms with van der Waals surface area (Å²) in [4.78, 5) is 2.54. The van der Waals surface area contributed by atoms with Gasteiger partial charge in [0, 0.05) is 13.1 Å². The monoisotopic (exact) mass is 152 g/mol. The van der Waals surface area contributed by atoms with Crippen molar-refractivity contribution >= 4 is 0 Å². The highest BCUT2D eigenvalue weighted by Crippen LogP contribution is 2.49. The van der Waals surface area contributed by atoms with Crippen LogP contribution in [0.3, 0.4) is 0 Å². The van der Waals surface area contributed by atoms with Crippen LogP contribution in [-0.4, -0.2) is 23.7 Å². The van der Waals surface area contributed by atoms with Gasteiger partial charge >= 0.3 is 0 Å². The first-order valence-electron chi connectivity index (χ1n) is 4.83. The van der Waals surface area contributed by atoms with Gasteiger partial charge in [-0.05, 0) is 37.5 Å². The number of hydrogen-bond acceptors (Lipinski definition) is 2. The minimum atomic E-state index is 0.148. The van der Waals surface area contributed by atoms with Crippen LogP contribution in [0, 0.1) is 11.8 Å². The number of nitrogens with two attached hydrogens (primary N) is 1. The first-order chi connectivity index (χ1) is 5.29. The van der Waals surface area contributed by atoms with Gasteiger partial charge in [0.1, 0.15) is 0 Å².